The molecule has 0 heterocycles. The van der Waals surface area contributed by atoms with Gasteiger partial charge in [-0.3, -0.25) is 0 Å². The summed E-state index contributed by atoms with van der Waals surface area (Å²) in [6.07, 6.45) is 9.78. The van der Waals surface area contributed by atoms with E-state index in [-0.39, 0.29) is 0 Å². The molecule has 16 heavy (non-hydrogen) atoms. The van der Waals surface area contributed by atoms with E-state index in [1.807, 2.05) is 0 Å². The number of unbranched alkanes of at least 4 members (excludes halogenated alkanes) is 7. The van der Waals surface area contributed by atoms with Gasteiger partial charge in [-0.05, 0) is 25.7 Å². The summed E-state index contributed by atoms with van der Waals surface area (Å²) in [6.45, 7) is 3.67. The standard InChI is InChI=1S/C13H27NO2/c1-12(14)10-8-6-4-2-3-5-7-9-11-13(15)16/h13,15-16H,1-11,14H2. The van der Waals surface area contributed by atoms with Crippen molar-refractivity contribution in [1.29, 1.82) is 0 Å². The molecule has 0 radical (unpaired) electrons. The second kappa shape index (κ2) is 11.0. The van der Waals surface area contributed by atoms with Crippen LogP contribution < -0.4 is 5.73 Å². The third-order valence-electron chi connectivity index (χ3n) is 2.71. The van der Waals surface area contributed by atoms with Gasteiger partial charge in [-0.25, -0.2) is 0 Å². The van der Waals surface area contributed by atoms with E-state index < -0.39 is 6.29 Å². The molecule has 0 amide bonds. The molecule has 96 valence electrons. The summed E-state index contributed by atoms with van der Waals surface area (Å²) >= 11 is 0. The second-order valence-corrected chi connectivity index (χ2v) is 4.51. The number of hydrogen-bond donors (Lipinski definition) is 3. The van der Waals surface area contributed by atoms with Gasteiger partial charge in [-0.1, -0.05) is 45.1 Å². The van der Waals surface area contributed by atoms with E-state index in [0.717, 1.165) is 31.4 Å². The van der Waals surface area contributed by atoms with E-state index in [1.54, 1.807) is 0 Å². The third-order valence-corrected chi connectivity index (χ3v) is 2.71. The second-order valence-electron chi connectivity index (χ2n) is 4.51. The van der Waals surface area contributed by atoms with Crippen molar-refractivity contribution >= 4 is 0 Å². The van der Waals surface area contributed by atoms with Gasteiger partial charge in [-0.15, -0.1) is 0 Å². The number of aliphatic hydroxyl groups is 2. The highest BCUT2D eigenvalue weighted by Crippen LogP contribution is 2.11. The predicted molar refractivity (Wildman–Crippen MR) is 67.7 cm³/mol. The van der Waals surface area contributed by atoms with Crippen molar-refractivity contribution in [2.75, 3.05) is 0 Å². The summed E-state index contributed by atoms with van der Waals surface area (Å²) in [5, 5.41) is 17.3. The summed E-state index contributed by atoms with van der Waals surface area (Å²) in [5.41, 5.74) is 6.27. The lowest BCUT2D eigenvalue weighted by molar-refractivity contribution is -0.0466. The molecular weight excluding hydrogens is 202 g/mol. The Morgan fingerprint density at radius 3 is 1.75 bits per heavy atom. The largest absolute Gasteiger partial charge is 0.403 e. The number of aliphatic hydroxyl groups excluding tert-OH is 1. The quantitative estimate of drug-likeness (QED) is 0.377. The van der Waals surface area contributed by atoms with Gasteiger partial charge in [0.15, 0.2) is 6.29 Å². The molecule has 0 bridgehead atoms. The monoisotopic (exact) mass is 229 g/mol. The summed E-state index contributed by atoms with van der Waals surface area (Å²) in [7, 11) is 0. The van der Waals surface area contributed by atoms with Crippen molar-refractivity contribution in [3.63, 3.8) is 0 Å². The molecule has 3 heteroatoms. The Hall–Kier alpha value is -0.540. The molecule has 0 rings (SSSR count). The molecule has 0 spiro atoms. The summed E-state index contributed by atoms with van der Waals surface area (Å²) in [4.78, 5) is 0. The van der Waals surface area contributed by atoms with Gasteiger partial charge in [-0.2, -0.15) is 0 Å². The Bertz CT molecular complexity index is 169. The fourth-order valence-electron chi connectivity index (χ4n) is 1.74. The lowest BCUT2D eigenvalue weighted by atomic mass is 10.1. The average Bonchev–Trinajstić information content (AvgIpc) is 2.20. The van der Waals surface area contributed by atoms with Crippen LogP contribution in [0.5, 0.6) is 0 Å². The van der Waals surface area contributed by atoms with Gasteiger partial charge >= 0.3 is 0 Å². The maximum atomic E-state index is 8.64. The topological polar surface area (TPSA) is 66.5 Å². The van der Waals surface area contributed by atoms with E-state index in [0.29, 0.717) is 6.42 Å². The van der Waals surface area contributed by atoms with Gasteiger partial charge in [0.25, 0.3) is 0 Å². The fourth-order valence-corrected chi connectivity index (χ4v) is 1.74. The van der Waals surface area contributed by atoms with E-state index in [4.69, 9.17) is 15.9 Å². The fraction of sp³-hybridized carbons (Fsp3) is 0.846. The van der Waals surface area contributed by atoms with Crippen LogP contribution in [0.1, 0.15) is 64.2 Å². The van der Waals surface area contributed by atoms with Gasteiger partial charge in [0.2, 0.25) is 0 Å². The van der Waals surface area contributed by atoms with Crippen molar-refractivity contribution in [2.45, 2.75) is 70.5 Å². The van der Waals surface area contributed by atoms with Crippen molar-refractivity contribution in [3.05, 3.63) is 12.3 Å². The number of rotatable bonds is 11. The molecule has 3 nitrogen and oxygen atoms in total. The van der Waals surface area contributed by atoms with E-state index >= 15 is 0 Å². The highest BCUT2D eigenvalue weighted by atomic mass is 16.5. The normalized spacial score (nSPS) is 10.9. The molecule has 0 atom stereocenters. The molecule has 0 aromatic heterocycles. The lowest BCUT2D eigenvalue weighted by Crippen LogP contribution is -2.02. The highest BCUT2D eigenvalue weighted by molar-refractivity contribution is 4.84. The van der Waals surface area contributed by atoms with Crippen LogP contribution in [-0.2, 0) is 0 Å². The van der Waals surface area contributed by atoms with Crippen LogP contribution >= 0.6 is 0 Å². The maximum absolute atomic E-state index is 8.64. The molecule has 0 aliphatic heterocycles. The number of allylic oxidation sites excluding steroid dienone is 1. The van der Waals surface area contributed by atoms with Gasteiger partial charge < -0.3 is 15.9 Å². The molecule has 0 aliphatic carbocycles. The van der Waals surface area contributed by atoms with Crippen molar-refractivity contribution in [1.82, 2.24) is 0 Å². The smallest absolute Gasteiger partial charge is 0.151 e. The van der Waals surface area contributed by atoms with Crippen molar-refractivity contribution < 1.29 is 10.2 Å². The molecule has 0 saturated carbocycles. The van der Waals surface area contributed by atoms with Crippen LogP contribution in [0.3, 0.4) is 0 Å². The van der Waals surface area contributed by atoms with E-state index in [1.165, 1.54) is 32.1 Å². The minimum absolute atomic E-state index is 0.513. The summed E-state index contributed by atoms with van der Waals surface area (Å²) in [5.74, 6) is 0. The minimum atomic E-state index is -1.12. The van der Waals surface area contributed by atoms with Crippen LogP contribution in [0.15, 0.2) is 12.3 Å². The lowest BCUT2D eigenvalue weighted by Gasteiger charge is -2.03. The molecule has 0 aromatic carbocycles. The summed E-state index contributed by atoms with van der Waals surface area (Å²) < 4.78 is 0. The van der Waals surface area contributed by atoms with E-state index in [9.17, 15) is 0 Å². The molecule has 4 N–H and O–H groups in total. The van der Waals surface area contributed by atoms with Gasteiger partial charge in [0, 0.05) is 5.70 Å². The maximum Gasteiger partial charge on any atom is 0.151 e. The predicted octanol–water partition coefficient (Wildman–Crippen LogP) is 2.67. The van der Waals surface area contributed by atoms with Crippen molar-refractivity contribution in [2.24, 2.45) is 5.73 Å². The average molecular weight is 229 g/mol. The van der Waals surface area contributed by atoms with Crippen LogP contribution in [0.25, 0.3) is 0 Å². The first-order valence-electron chi connectivity index (χ1n) is 6.42. The molecule has 0 saturated heterocycles. The minimum Gasteiger partial charge on any atom is -0.403 e. The Morgan fingerprint density at radius 1 is 0.875 bits per heavy atom. The zero-order chi connectivity index (χ0) is 12.2. The number of hydrogen-bond acceptors (Lipinski definition) is 3. The van der Waals surface area contributed by atoms with Crippen LogP contribution in [0, 0.1) is 0 Å². The molecule has 0 fully saturated rings. The Morgan fingerprint density at radius 2 is 1.31 bits per heavy atom. The van der Waals surface area contributed by atoms with Gasteiger partial charge in [0.05, 0.1) is 0 Å². The molecule has 0 unspecified atom stereocenters. The Kier molecular flexibility index (Phi) is 10.6. The number of nitrogens with two attached hydrogens (primary N) is 1. The van der Waals surface area contributed by atoms with Crippen LogP contribution in [0.2, 0.25) is 0 Å². The van der Waals surface area contributed by atoms with Crippen LogP contribution in [0.4, 0.5) is 0 Å². The first-order chi connectivity index (χ1) is 7.63. The summed E-state index contributed by atoms with van der Waals surface area (Å²) in [6, 6.07) is 0. The highest BCUT2D eigenvalue weighted by Gasteiger charge is 1.97. The zero-order valence-corrected chi connectivity index (χ0v) is 10.3. The third kappa shape index (κ3) is 13.5. The molecule has 0 aliphatic rings. The molecular formula is C13H27NO2. The SMILES string of the molecule is C=C(N)CCCCCCCCCCC(O)O. The first kappa shape index (κ1) is 15.5. The Balaban J connectivity index is 2.96. The Labute approximate surface area is 99.4 Å². The van der Waals surface area contributed by atoms with Crippen molar-refractivity contribution in [3.8, 4) is 0 Å². The van der Waals surface area contributed by atoms with Gasteiger partial charge in [0.1, 0.15) is 0 Å². The zero-order valence-electron chi connectivity index (χ0n) is 10.3. The first-order valence-corrected chi connectivity index (χ1v) is 6.42. The van der Waals surface area contributed by atoms with E-state index in [2.05, 4.69) is 6.58 Å². The van der Waals surface area contributed by atoms with Crippen LogP contribution in [-0.4, -0.2) is 16.5 Å². The molecule has 0 aromatic rings.